The zero-order valence-electron chi connectivity index (χ0n) is 14.9. The Balaban J connectivity index is 1.64. The summed E-state index contributed by atoms with van der Waals surface area (Å²) in [4.78, 5) is 23.5. The van der Waals surface area contributed by atoms with E-state index in [1.807, 2.05) is 13.0 Å². The molecule has 0 saturated carbocycles. The van der Waals surface area contributed by atoms with Crippen LogP contribution in [0.3, 0.4) is 0 Å². The molecule has 7 nitrogen and oxygen atoms in total. The number of carbonyl (C=O) groups is 2. The Bertz CT molecular complexity index is 795. The summed E-state index contributed by atoms with van der Waals surface area (Å²) >= 11 is 0. The van der Waals surface area contributed by atoms with Crippen molar-refractivity contribution in [2.24, 2.45) is 0 Å². The summed E-state index contributed by atoms with van der Waals surface area (Å²) in [7, 11) is 0. The van der Waals surface area contributed by atoms with E-state index in [4.69, 9.17) is 19.5 Å². The molecule has 0 unspecified atom stereocenters. The molecule has 0 saturated heterocycles. The fourth-order valence-electron chi connectivity index (χ4n) is 2.10. The average molecular weight is 368 g/mol. The highest BCUT2D eigenvalue weighted by Gasteiger charge is 2.10. The first-order valence-corrected chi connectivity index (χ1v) is 8.42. The average Bonchev–Trinajstić information content (AvgIpc) is 2.71. The number of rotatable bonds is 9. The fourth-order valence-corrected chi connectivity index (χ4v) is 2.10. The van der Waals surface area contributed by atoms with Crippen LogP contribution in [0.5, 0.6) is 11.5 Å². The number of esters is 1. The van der Waals surface area contributed by atoms with Crippen molar-refractivity contribution in [2.75, 3.05) is 26.4 Å². The first kappa shape index (κ1) is 19.8. The smallest absolute Gasteiger partial charge is 0.338 e. The van der Waals surface area contributed by atoms with Crippen molar-refractivity contribution in [3.63, 3.8) is 0 Å². The van der Waals surface area contributed by atoms with E-state index in [9.17, 15) is 9.59 Å². The molecular formula is C20H20N2O5. The largest absolute Gasteiger partial charge is 0.494 e. The van der Waals surface area contributed by atoms with Gasteiger partial charge in [0.15, 0.2) is 6.61 Å². The quantitative estimate of drug-likeness (QED) is 0.539. The molecule has 7 heteroatoms. The van der Waals surface area contributed by atoms with Crippen molar-refractivity contribution in [1.82, 2.24) is 5.32 Å². The molecule has 2 aromatic carbocycles. The zero-order valence-corrected chi connectivity index (χ0v) is 14.9. The number of carbonyl (C=O) groups excluding carboxylic acids is 2. The summed E-state index contributed by atoms with van der Waals surface area (Å²) in [6.07, 6.45) is 0. The van der Waals surface area contributed by atoms with Gasteiger partial charge in [0, 0.05) is 0 Å². The Hall–Kier alpha value is -3.53. The van der Waals surface area contributed by atoms with E-state index in [2.05, 4.69) is 5.32 Å². The highest BCUT2D eigenvalue weighted by atomic mass is 16.5. The minimum Gasteiger partial charge on any atom is -0.494 e. The molecule has 0 heterocycles. The molecule has 0 bridgehead atoms. The molecule has 0 aliphatic rings. The summed E-state index contributed by atoms with van der Waals surface area (Å²) in [6, 6.07) is 15.1. The first-order valence-electron chi connectivity index (χ1n) is 8.42. The van der Waals surface area contributed by atoms with Gasteiger partial charge in [-0.15, -0.1) is 0 Å². The third kappa shape index (κ3) is 6.71. The maximum absolute atomic E-state index is 11.8. The van der Waals surface area contributed by atoms with Crippen molar-refractivity contribution in [3.05, 3.63) is 59.7 Å². The van der Waals surface area contributed by atoms with Crippen LogP contribution >= 0.6 is 0 Å². The number of hydrogen-bond acceptors (Lipinski definition) is 6. The Morgan fingerprint density at radius 3 is 2.22 bits per heavy atom. The van der Waals surface area contributed by atoms with Gasteiger partial charge in [-0.3, -0.25) is 4.79 Å². The second kappa shape index (κ2) is 10.5. The molecule has 0 fully saturated rings. The summed E-state index contributed by atoms with van der Waals surface area (Å²) in [6.45, 7) is 2.68. The summed E-state index contributed by atoms with van der Waals surface area (Å²) in [5.41, 5.74) is 0.720. The van der Waals surface area contributed by atoms with Crippen LogP contribution < -0.4 is 14.8 Å². The van der Waals surface area contributed by atoms with Crippen molar-refractivity contribution in [3.8, 4) is 17.6 Å². The minimum absolute atomic E-state index is 0.278. The maximum Gasteiger partial charge on any atom is 0.338 e. The Morgan fingerprint density at radius 2 is 1.63 bits per heavy atom. The lowest BCUT2D eigenvalue weighted by molar-refractivity contribution is -0.124. The summed E-state index contributed by atoms with van der Waals surface area (Å²) in [5, 5.41) is 11.3. The Morgan fingerprint density at radius 1 is 1.00 bits per heavy atom. The summed E-state index contributed by atoms with van der Waals surface area (Å²) < 4.78 is 15.8. The second-order valence-corrected chi connectivity index (χ2v) is 5.37. The number of nitriles is 1. The highest BCUT2D eigenvalue weighted by Crippen LogP contribution is 2.17. The van der Waals surface area contributed by atoms with E-state index in [-0.39, 0.29) is 25.3 Å². The van der Waals surface area contributed by atoms with Gasteiger partial charge in [0.1, 0.15) is 18.1 Å². The van der Waals surface area contributed by atoms with E-state index in [0.717, 1.165) is 5.75 Å². The number of benzene rings is 2. The monoisotopic (exact) mass is 368 g/mol. The molecule has 0 aliphatic heterocycles. The van der Waals surface area contributed by atoms with Crippen molar-refractivity contribution >= 4 is 11.9 Å². The normalized spacial score (nSPS) is 9.78. The van der Waals surface area contributed by atoms with Crippen LogP contribution in [0.4, 0.5) is 0 Å². The predicted molar refractivity (Wildman–Crippen MR) is 97.6 cm³/mol. The fraction of sp³-hybridized carbons (Fsp3) is 0.250. The lowest BCUT2D eigenvalue weighted by Gasteiger charge is -2.09. The molecule has 2 aromatic rings. The Labute approximate surface area is 157 Å². The Kier molecular flexibility index (Phi) is 7.67. The number of nitrogens with one attached hydrogen (secondary N) is 1. The summed E-state index contributed by atoms with van der Waals surface area (Å²) in [5.74, 6) is 0.384. The van der Waals surface area contributed by atoms with E-state index >= 15 is 0 Å². The highest BCUT2D eigenvalue weighted by molar-refractivity contribution is 5.91. The van der Waals surface area contributed by atoms with E-state index in [0.29, 0.717) is 17.9 Å². The molecule has 1 amide bonds. The molecule has 2 rings (SSSR count). The van der Waals surface area contributed by atoms with Crippen molar-refractivity contribution in [1.29, 1.82) is 5.26 Å². The van der Waals surface area contributed by atoms with Gasteiger partial charge < -0.3 is 19.5 Å². The lowest BCUT2D eigenvalue weighted by atomic mass is 10.1. The van der Waals surface area contributed by atoms with Gasteiger partial charge in [0.05, 0.1) is 30.3 Å². The predicted octanol–water partition coefficient (Wildman–Crippen LogP) is 2.31. The zero-order chi connectivity index (χ0) is 19.5. The van der Waals surface area contributed by atoms with Crippen LogP contribution in [0.15, 0.2) is 48.5 Å². The molecule has 0 aliphatic carbocycles. The molecule has 0 atom stereocenters. The third-order valence-electron chi connectivity index (χ3n) is 3.41. The molecule has 1 N–H and O–H groups in total. The van der Waals surface area contributed by atoms with Gasteiger partial charge in [-0.2, -0.15) is 5.26 Å². The minimum atomic E-state index is -0.625. The second-order valence-electron chi connectivity index (χ2n) is 5.37. The van der Waals surface area contributed by atoms with E-state index < -0.39 is 11.9 Å². The van der Waals surface area contributed by atoms with Crippen LogP contribution in [0.2, 0.25) is 0 Å². The van der Waals surface area contributed by atoms with Crippen molar-refractivity contribution in [2.45, 2.75) is 6.92 Å². The van der Waals surface area contributed by atoms with Gasteiger partial charge in [0.2, 0.25) is 0 Å². The molecule has 0 radical (unpaired) electrons. The number of amides is 1. The molecule has 27 heavy (non-hydrogen) atoms. The van der Waals surface area contributed by atoms with Crippen LogP contribution in [0.25, 0.3) is 0 Å². The third-order valence-corrected chi connectivity index (χ3v) is 3.41. The van der Waals surface area contributed by atoms with Gasteiger partial charge in [-0.25, -0.2) is 4.79 Å². The molecule has 0 spiro atoms. The topological polar surface area (TPSA) is 97.7 Å². The van der Waals surface area contributed by atoms with Crippen LogP contribution in [-0.2, 0) is 9.53 Å². The number of ether oxygens (including phenoxy) is 3. The first-order chi connectivity index (χ1) is 13.1. The molecule has 140 valence electrons. The van der Waals surface area contributed by atoms with E-state index in [1.54, 1.807) is 24.3 Å². The van der Waals surface area contributed by atoms with E-state index in [1.165, 1.54) is 24.3 Å². The van der Waals surface area contributed by atoms with Crippen molar-refractivity contribution < 1.29 is 23.8 Å². The number of nitrogens with zero attached hydrogens (tertiary/aromatic N) is 1. The van der Waals surface area contributed by atoms with Crippen LogP contribution in [0, 0.1) is 11.3 Å². The SMILES string of the molecule is CCOc1ccc(OCCNC(=O)COC(=O)c2ccc(C#N)cc2)cc1. The van der Waals surface area contributed by atoms with Gasteiger partial charge in [0.25, 0.3) is 5.91 Å². The van der Waals surface area contributed by atoms with Gasteiger partial charge >= 0.3 is 5.97 Å². The standard InChI is InChI=1S/C20H20N2O5/c1-2-25-17-7-9-18(10-8-17)26-12-11-22-19(23)14-27-20(24)16-5-3-15(13-21)4-6-16/h3-10H,2,11-12,14H2,1H3,(H,22,23). The van der Waals surface area contributed by atoms with Crippen LogP contribution in [0.1, 0.15) is 22.8 Å². The molecular weight excluding hydrogens is 348 g/mol. The molecule has 0 aromatic heterocycles. The van der Waals surface area contributed by atoms with Crippen LogP contribution in [-0.4, -0.2) is 38.2 Å². The maximum atomic E-state index is 11.8. The number of hydrogen-bond donors (Lipinski definition) is 1. The van der Waals surface area contributed by atoms with Gasteiger partial charge in [-0.1, -0.05) is 0 Å². The lowest BCUT2D eigenvalue weighted by Crippen LogP contribution is -2.32. The van der Waals surface area contributed by atoms with Gasteiger partial charge in [-0.05, 0) is 55.5 Å².